The van der Waals surface area contributed by atoms with Gasteiger partial charge in [0.2, 0.25) is 0 Å². The number of hydrogen-bond acceptors (Lipinski definition) is 2. The lowest BCUT2D eigenvalue weighted by Crippen LogP contribution is -2.10. The number of rotatable bonds is 3. The van der Waals surface area contributed by atoms with E-state index in [4.69, 9.17) is 16.3 Å². The number of aromatic amines is 1. The molecule has 0 aliphatic carbocycles. The van der Waals surface area contributed by atoms with Crippen molar-refractivity contribution in [3.8, 4) is 5.75 Å². The Balaban J connectivity index is 2.12. The minimum Gasteiger partial charge on any atom is -0.487 e. The van der Waals surface area contributed by atoms with Crippen LogP contribution in [0.4, 0.5) is 0 Å². The van der Waals surface area contributed by atoms with E-state index in [9.17, 15) is 0 Å². The molecule has 1 aromatic heterocycles. The molecule has 2 aromatic rings. The van der Waals surface area contributed by atoms with Crippen LogP contribution in [0.2, 0.25) is 5.02 Å². The summed E-state index contributed by atoms with van der Waals surface area (Å²) in [7, 11) is 0. The molecule has 1 aromatic carbocycles. The van der Waals surface area contributed by atoms with Gasteiger partial charge in [0.15, 0.2) is 0 Å². The van der Waals surface area contributed by atoms with Crippen molar-refractivity contribution in [2.75, 3.05) is 0 Å². The summed E-state index contributed by atoms with van der Waals surface area (Å²) in [5.74, 6) is 0.704. The van der Waals surface area contributed by atoms with Gasteiger partial charge in [-0.15, -0.1) is 0 Å². The predicted molar refractivity (Wildman–Crippen MR) is 77.8 cm³/mol. The summed E-state index contributed by atoms with van der Waals surface area (Å²) < 4.78 is 5.74. The molecule has 0 unspecified atom stereocenters. The van der Waals surface area contributed by atoms with E-state index in [0.29, 0.717) is 17.4 Å². The lowest BCUT2D eigenvalue weighted by atomic mass is 9.87. The number of aromatic nitrogens is 2. The summed E-state index contributed by atoms with van der Waals surface area (Å²) in [4.78, 5) is 0. The van der Waals surface area contributed by atoms with Gasteiger partial charge in [0.1, 0.15) is 12.4 Å². The molecular formula is C15H19ClN2O. The molecule has 3 nitrogen and oxygen atoms in total. The van der Waals surface area contributed by atoms with Crippen molar-refractivity contribution < 1.29 is 4.74 Å². The van der Waals surface area contributed by atoms with Crippen molar-refractivity contribution in [1.82, 2.24) is 10.2 Å². The van der Waals surface area contributed by atoms with Crippen LogP contribution in [0, 0.1) is 6.92 Å². The summed E-state index contributed by atoms with van der Waals surface area (Å²) in [6, 6.07) is 5.96. The molecule has 0 fully saturated rings. The number of hydrogen-bond donors (Lipinski definition) is 1. The fraction of sp³-hybridized carbons (Fsp3) is 0.400. The van der Waals surface area contributed by atoms with Crippen LogP contribution in [-0.4, -0.2) is 10.2 Å². The van der Waals surface area contributed by atoms with Gasteiger partial charge < -0.3 is 4.74 Å². The van der Waals surface area contributed by atoms with E-state index in [0.717, 1.165) is 11.3 Å². The second-order valence-corrected chi connectivity index (χ2v) is 6.11. The van der Waals surface area contributed by atoms with Crippen molar-refractivity contribution in [3.05, 3.63) is 46.2 Å². The third-order valence-electron chi connectivity index (χ3n) is 3.12. The first kappa shape index (κ1) is 13.9. The first-order valence-corrected chi connectivity index (χ1v) is 6.67. The van der Waals surface area contributed by atoms with Crippen LogP contribution in [0.5, 0.6) is 5.75 Å². The van der Waals surface area contributed by atoms with Gasteiger partial charge in [-0.2, -0.15) is 5.10 Å². The molecule has 102 valence electrons. The first-order chi connectivity index (χ1) is 8.88. The molecular weight excluding hydrogens is 260 g/mol. The number of halogens is 1. The van der Waals surface area contributed by atoms with Crippen LogP contribution in [0.25, 0.3) is 0 Å². The molecule has 0 amide bonds. The van der Waals surface area contributed by atoms with E-state index in [2.05, 4.69) is 37.0 Å². The normalized spacial score (nSPS) is 11.6. The van der Waals surface area contributed by atoms with E-state index in [1.54, 1.807) is 6.20 Å². The summed E-state index contributed by atoms with van der Waals surface area (Å²) in [6.07, 6.45) is 1.77. The van der Waals surface area contributed by atoms with Crippen molar-refractivity contribution in [2.45, 2.75) is 39.7 Å². The van der Waals surface area contributed by atoms with Gasteiger partial charge in [0, 0.05) is 11.3 Å². The third-order valence-corrected chi connectivity index (χ3v) is 3.41. The first-order valence-electron chi connectivity index (χ1n) is 6.29. The molecule has 0 spiro atoms. The average Bonchev–Trinajstić information content (AvgIpc) is 2.72. The zero-order valence-corrected chi connectivity index (χ0v) is 12.5. The lowest BCUT2D eigenvalue weighted by Gasteiger charge is -2.20. The number of ether oxygens (including phenoxy) is 1. The van der Waals surface area contributed by atoms with Gasteiger partial charge in [0.05, 0.1) is 11.2 Å². The Labute approximate surface area is 118 Å². The van der Waals surface area contributed by atoms with Crippen LogP contribution in [0.15, 0.2) is 24.4 Å². The highest BCUT2D eigenvalue weighted by atomic mass is 35.5. The predicted octanol–water partition coefficient (Wildman–Crippen LogP) is 4.25. The molecule has 19 heavy (non-hydrogen) atoms. The highest BCUT2D eigenvalue weighted by molar-refractivity contribution is 6.32. The van der Waals surface area contributed by atoms with Crippen molar-refractivity contribution in [1.29, 1.82) is 0 Å². The van der Waals surface area contributed by atoms with Gasteiger partial charge in [-0.3, -0.25) is 5.10 Å². The van der Waals surface area contributed by atoms with Crippen molar-refractivity contribution >= 4 is 11.6 Å². The summed E-state index contributed by atoms with van der Waals surface area (Å²) >= 11 is 6.27. The molecule has 0 aliphatic rings. The molecule has 0 atom stereocenters. The minimum atomic E-state index is 0.0866. The molecule has 1 heterocycles. The summed E-state index contributed by atoms with van der Waals surface area (Å²) in [6.45, 7) is 8.92. The molecule has 0 bridgehead atoms. The Bertz CT molecular complexity index is 570. The Morgan fingerprint density at radius 2 is 2.05 bits per heavy atom. The van der Waals surface area contributed by atoms with Gasteiger partial charge in [-0.25, -0.2) is 0 Å². The maximum absolute atomic E-state index is 6.27. The zero-order valence-electron chi connectivity index (χ0n) is 11.7. The van der Waals surface area contributed by atoms with Crippen LogP contribution in [0.1, 0.15) is 37.6 Å². The van der Waals surface area contributed by atoms with E-state index in [1.165, 1.54) is 5.56 Å². The van der Waals surface area contributed by atoms with Crippen LogP contribution in [-0.2, 0) is 12.0 Å². The monoisotopic (exact) mass is 278 g/mol. The summed E-state index contributed by atoms with van der Waals surface area (Å²) in [5.41, 5.74) is 3.34. The Kier molecular flexibility index (Phi) is 3.85. The quantitative estimate of drug-likeness (QED) is 0.911. The van der Waals surface area contributed by atoms with Crippen molar-refractivity contribution in [2.24, 2.45) is 0 Å². The molecule has 2 rings (SSSR count). The van der Waals surface area contributed by atoms with Gasteiger partial charge in [-0.1, -0.05) is 38.4 Å². The highest BCUT2D eigenvalue weighted by Crippen LogP contribution is 2.31. The number of H-pyrrole nitrogens is 1. The Morgan fingerprint density at radius 3 is 2.58 bits per heavy atom. The second kappa shape index (κ2) is 5.25. The maximum atomic E-state index is 6.27. The Morgan fingerprint density at radius 1 is 1.32 bits per heavy atom. The van der Waals surface area contributed by atoms with E-state index < -0.39 is 0 Å². The zero-order chi connectivity index (χ0) is 14.0. The summed E-state index contributed by atoms with van der Waals surface area (Å²) in [5, 5.41) is 7.50. The number of nitrogens with zero attached hydrogens (tertiary/aromatic N) is 1. The molecule has 1 N–H and O–H groups in total. The molecule has 0 saturated heterocycles. The van der Waals surface area contributed by atoms with E-state index in [-0.39, 0.29) is 5.41 Å². The largest absolute Gasteiger partial charge is 0.487 e. The topological polar surface area (TPSA) is 37.9 Å². The van der Waals surface area contributed by atoms with E-state index >= 15 is 0 Å². The SMILES string of the molecule is Cc1[nH]ncc1COc1ccc(C(C)(C)C)cc1Cl. The number of nitrogens with one attached hydrogen (secondary N) is 1. The fourth-order valence-corrected chi connectivity index (χ4v) is 2.00. The molecule has 0 saturated carbocycles. The van der Waals surface area contributed by atoms with Gasteiger partial charge in [0.25, 0.3) is 0 Å². The molecule has 0 radical (unpaired) electrons. The van der Waals surface area contributed by atoms with Crippen molar-refractivity contribution in [3.63, 3.8) is 0 Å². The number of aryl methyl sites for hydroxylation is 1. The fourth-order valence-electron chi connectivity index (χ4n) is 1.76. The smallest absolute Gasteiger partial charge is 0.138 e. The molecule has 0 aliphatic heterocycles. The maximum Gasteiger partial charge on any atom is 0.138 e. The van der Waals surface area contributed by atoms with Crippen LogP contribution in [0.3, 0.4) is 0 Å². The third kappa shape index (κ3) is 3.29. The average molecular weight is 279 g/mol. The molecule has 4 heteroatoms. The second-order valence-electron chi connectivity index (χ2n) is 5.70. The standard InChI is InChI=1S/C15H19ClN2O/c1-10-11(8-17-18-10)9-19-14-6-5-12(7-13(14)16)15(2,3)4/h5-8H,9H2,1-4H3,(H,17,18). The van der Waals surface area contributed by atoms with Crippen LogP contribution >= 0.6 is 11.6 Å². The number of benzene rings is 1. The highest BCUT2D eigenvalue weighted by Gasteiger charge is 2.15. The Hall–Kier alpha value is -1.48. The minimum absolute atomic E-state index is 0.0866. The lowest BCUT2D eigenvalue weighted by molar-refractivity contribution is 0.305. The van der Waals surface area contributed by atoms with Crippen LogP contribution < -0.4 is 4.74 Å². The van der Waals surface area contributed by atoms with Gasteiger partial charge in [-0.05, 0) is 30.0 Å². The van der Waals surface area contributed by atoms with E-state index in [1.807, 2.05) is 19.1 Å². The van der Waals surface area contributed by atoms with Gasteiger partial charge >= 0.3 is 0 Å².